The van der Waals surface area contributed by atoms with E-state index in [4.69, 9.17) is 4.74 Å². The van der Waals surface area contributed by atoms with Gasteiger partial charge in [-0.1, -0.05) is 18.2 Å². The molecule has 1 amide bonds. The highest BCUT2D eigenvalue weighted by Gasteiger charge is 2.48. The van der Waals surface area contributed by atoms with Gasteiger partial charge >= 0.3 is 0 Å². The second-order valence-corrected chi connectivity index (χ2v) is 8.07. The number of hydrogen-bond acceptors (Lipinski definition) is 5. The Morgan fingerprint density at radius 1 is 1.25 bits per heavy atom. The third-order valence-corrected chi connectivity index (χ3v) is 6.27. The van der Waals surface area contributed by atoms with Crippen LogP contribution in [0.2, 0.25) is 0 Å². The van der Waals surface area contributed by atoms with Crippen LogP contribution in [0.1, 0.15) is 34.5 Å². The summed E-state index contributed by atoms with van der Waals surface area (Å²) in [4.78, 5) is 24.0. The van der Waals surface area contributed by atoms with Crippen molar-refractivity contribution in [3.05, 3.63) is 53.3 Å². The van der Waals surface area contributed by atoms with E-state index in [1.807, 2.05) is 49.1 Å². The molecule has 1 aromatic carbocycles. The molecule has 2 aliphatic rings. The van der Waals surface area contributed by atoms with E-state index in [0.717, 1.165) is 62.5 Å². The molecule has 0 radical (unpaired) electrons. The summed E-state index contributed by atoms with van der Waals surface area (Å²) in [6, 6.07) is 9.74. The van der Waals surface area contributed by atoms with Crippen LogP contribution in [0.25, 0.3) is 0 Å². The monoisotopic (exact) mass is 380 g/mol. The number of amides is 1. The second kappa shape index (κ2) is 7.87. The van der Waals surface area contributed by atoms with E-state index in [2.05, 4.69) is 15.3 Å². The molecular weight excluding hydrogens is 352 g/mol. The minimum atomic E-state index is 0.105. The van der Waals surface area contributed by atoms with Gasteiger partial charge in [-0.05, 0) is 49.8 Å². The summed E-state index contributed by atoms with van der Waals surface area (Å²) >= 11 is 0. The highest BCUT2D eigenvalue weighted by atomic mass is 16.5. The van der Waals surface area contributed by atoms with Crippen LogP contribution in [-0.2, 0) is 4.74 Å². The first-order valence-electron chi connectivity index (χ1n) is 10.0. The van der Waals surface area contributed by atoms with Gasteiger partial charge in [0.05, 0.1) is 0 Å². The number of rotatable bonds is 4. The molecule has 2 aromatic rings. The fourth-order valence-corrected chi connectivity index (χ4v) is 4.55. The van der Waals surface area contributed by atoms with Crippen LogP contribution in [-0.4, -0.2) is 53.6 Å². The largest absolute Gasteiger partial charge is 0.381 e. The molecule has 4 rings (SSSR count). The third kappa shape index (κ3) is 3.74. The molecule has 2 aliphatic heterocycles. The minimum absolute atomic E-state index is 0.105. The van der Waals surface area contributed by atoms with E-state index in [0.29, 0.717) is 11.9 Å². The number of likely N-dealkylation sites (tertiary alicyclic amines) is 1. The lowest BCUT2D eigenvalue weighted by molar-refractivity contribution is 0.00205. The number of ether oxygens (including phenoxy) is 1. The van der Waals surface area contributed by atoms with Crippen LogP contribution < -0.4 is 5.32 Å². The molecule has 1 aromatic heterocycles. The van der Waals surface area contributed by atoms with Crippen molar-refractivity contribution in [1.82, 2.24) is 14.9 Å². The molecule has 1 spiro atoms. The van der Waals surface area contributed by atoms with Crippen LogP contribution in [0.3, 0.4) is 0 Å². The highest BCUT2D eigenvalue weighted by molar-refractivity contribution is 5.95. The van der Waals surface area contributed by atoms with Gasteiger partial charge in [0.1, 0.15) is 0 Å². The van der Waals surface area contributed by atoms with Gasteiger partial charge in [0.25, 0.3) is 5.91 Å². The number of nitrogens with zero attached hydrogens (tertiary/aromatic N) is 3. The predicted octanol–water partition coefficient (Wildman–Crippen LogP) is 3.07. The van der Waals surface area contributed by atoms with Crippen LogP contribution in [0, 0.1) is 25.2 Å². The van der Waals surface area contributed by atoms with Crippen molar-refractivity contribution >= 4 is 11.9 Å². The summed E-state index contributed by atoms with van der Waals surface area (Å²) in [5.41, 5.74) is 2.89. The van der Waals surface area contributed by atoms with Crippen molar-refractivity contribution in [3.63, 3.8) is 0 Å². The summed E-state index contributed by atoms with van der Waals surface area (Å²) in [5, 5.41) is 3.41. The fourth-order valence-electron chi connectivity index (χ4n) is 4.55. The first-order chi connectivity index (χ1) is 13.6. The van der Waals surface area contributed by atoms with Crippen molar-refractivity contribution in [2.75, 3.05) is 38.2 Å². The summed E-state index contributed by atoms with van der Waals surface area (Å²) < 4.78 is 5.63. The number of aryl methyl sites for hydroxylation is 2. The normalized spacial score (nSPS) is 21.1. The summed E-state index contributed by atoms with van der Waals surface area (Å²) in [5.74, 6) is 1.15. The molecule has 0 bridgehead atoms. The SMILES string of the molecule is Cc1ccnc(NCC2CN(C(=O)c3ccccc3C)CC23CCOCC3)n1. The Bertz CT molecular complexity index is 848. The lowest BCUT2D eigenvalue weighted by Gasteiger charge is -2.38. The zero-order valence-corrected chi connectivity index (χ0v) is 16.6. The van der Waals surface area contributed by atoms with E-state index in [-0.39, 0.29) is 11.3 Å². The van der Waals surface area contributed by atoms with Gasteiger partial charge < -0.3 is 15.0 Å². The quantitative estimate of drug-likeness (QED) is 0.883. The van der Waals surface area contributed by atoms with Gasteiger partial charge in [0.2, 0.25) is 5.95 Å². The molecule has 2 fully saturated rings. The number of anilines is 1. The van der Waals surface area contributed by atoms with Crippen molar-refractivity contribution < 1.29 is 9.53 Å². The Hall–Kier alpha value is -2.47. The summed E-state index contributed by atoms with van der Waals surface area (Å²) in [6.45, 7) is 7.82. The average Bonchev–Trinajstić information content (AvgIpc) is 3.04. The van der Waals surface area contributed by atoms with Crippen LogP contribution in [0.4, 0.5) is 5.95 Å². The van der Waals surface area contributed by atoms with Crippen molar-refractivity contribution in [3.8, 4) is 0 Å². The van der Waals surface area contributed by atoms with Gasteiger partial charge in [-0.3, -0.25) is 4.79 Å². The Balaban J connectivity index is 1.52. The van der Waals surface area contributed by atoms with E-state index >= 15 is 0 Å². The first kappa shape index (κ1) is 18.9. The second-order valence-electron chi connectivity index (χ2n) is 8.07. The third-order valence-electron chi connectivity index (χ3n) is 6.27. The average molecular weight is 380 g/mol. The van der Waals surface area contributed by atoms with Crippen molar-refractivity contribution in [2.24, 2.45) is 11.3 Å². The molecule has 2 saturated heterocycles. The maximum atomic E-state index is 13.2. The molecule has 148 valence electrons. The van der Waals surface area contributed by atoms with Crippen molar-refractivity contribution in [2.45, 2.75) is 26.7 Å². The van der Waals surface area contributed by atoms with E-state index in [1.165, 1.54) is 0 Å². The lowest BCUT2D eigenvalue weighted by Crippen LogP contribution is -2.40. The molecule has 1 N–H and O–H groups in total. The van der Waals surface area contributed by atoms with Crippen molar-refractivity contribution in [1.29, 1.82) is 0 Å². The zero-order valence-electron chi connectivity index (χ0n) is 16.6. The Morgan fingerprint density at radius 2 is 2.04 bits per heavy atom. The number of benzene rings is 1. The molecule has 0 saturated carbocycles. The Morgan fingerprint density at radius 3 is 2.79 bits per heavy atom. The maximum Gasteiger partial charge on any atom is 0.254 e. The van der Waals surface area contributed by atoms with Crippen LogP contribution in [0.5, 0.6) is 0 Å². The first-order valence-corrected chi connectivity index (χ1v) is 10.0. The smallest absolute Gasteiger partial charge is 0.254 e. The van der Waals surface area contributed by atoms with Gasteiger partial charge in [-0.2, -0.15) is 0 Å². The minimum Gasteiger partial charge on any atom is -0.381 e. The van der Waals surface area contributed by atoms with E-state index in [9.17, 15) is 4.79 Å². The van der Waals surface area contributed by atoms with Gasteiger partial charge in [-0.15, -0.1) is 0 Å². The fraction of sp³-hybridized carbons (Fsp3) is 0.500. The number of nitrogens with one attached hydrogen (secondary N) is 1. The van der Waals surface area contributed by atoms with Crippen LogP contribution >= 0.6 is 0 Å². The summed E-state index contributed by atoms with van der Waals surface area (Å²) in [7, 11) is 0. The molecule has 6 heteroatoms. The molecule has 1 unspecified atom stereocenters. The maximum absolute atomic E-state index is 13.2. The highest BCUT2D eigenvalue weighted by Crippen LogP contribution is 2.44. The predicted molar refractivity (Wildman–Crippen MR) is 108 cm³/mol. The topological polar surface area (TPSA) is 67.4 Å². The number of aromatic nitrogens is 2. The number of carbonyl (C=O) groups is 1. The van der Waals surface area contributed by atoms with Crippen LogP contribution in [0.15, 0.2) is 36.5 Å². The Kier molecular flexibility index (Phi) is 5.31. The van der Waals surface area contributed by atoms with E-state index < -0.39 is 0 Å². The molecular formula is C22H28N4O2. The molecule has 28 heavy (non-hydrogen) atoms. The molecule has 3 heterocycles. The number of hydrogen-bond donors (Lipinski definition) is 1. The van der Waals surface area contributed by atoms with Gasteiger partial charge in [-0.25, -0.2) is 9.97 Å². The molecule has 1 atom stereocenters. The standard InChI is InChI=1S/C22H28N4O2/c1-16-5-3-4-6-19(16)20(27)26-14-18(22(15-26)8-11-28-12-9-22)13-24-21-23-10-7-17(2)25-21/h3-7,10,18H,8-9,11-15H2,1-2H3,(H,23,24,25). The lowest BCUT2D eigenvalue weighted by atomic mass is 9.72. The number of carbonyl (C=O) groups excluding carboxylic acids is 1. The molecule has 0 aliphatic carbocycles. The summed E-state index contributed by atoms with van der Waals surface area (Å²) in [6.07, 6.45) is 3.76. The zero-order chi connectivity index (χ0) is 19.6. The molecule has 6 nitrogen and oxygen atoms in total. The van der Waals surface area contributed by atoms with Gasteiger partial charge in [0.15, 0.2) is 0 Å². The Labute approximate surface area is 166 Å². The van der Waals surface area contributed by atoms with E-state index in [1.54, 1.807) is 6.20 Å². The van der Waals surface area contributed by atoms with Gasteiger partial charge in [0, 0.05) is 56.2 Å².